The Morgan fingerprint density at radius 3 is 2.75 bits per heavy atom. The minimum absolute atomic E-state index is 0.0960. The first kappa shape index (κ1) is 25.1. The van der Waals surface area contributed by atoms with Gasteiger partial charge in [0.05, 0.1) is 30.0 Å². The van der Waals surface area contributed by atoms with E-state index >= 15 is 0 Å². The van der Waals surface area contributed by atoms with Crippen LogP contribution in [0.1, 0.15) is 42.1 Å². The first-order valence-electron chi connectivity index (χ1n) is 13.1. The lowest BCUT2D eigenvalue weighted by atomic mass is 10.00. The van der Waals surface area contributed by atoms with Crippen LogP contribution in [0.25, 0.3) is 22.9 Å². The highest BCUT2D eigenvalue weighted by molar-refractivity contribution is 6.32. The zero-order chi connectivity index (χ0) is 27.8. The Labute approximate surface area is 232 Å². The summed E-state index contributed by atoms with van der Waals surface area (Å²) in [5.74, 6) is 1.27. The first-order valence-corrected chi connectivity index (χ1v) is 13.4. The Morgan fingerprint density at radius 2 is 1.98 bits per heavy atom. The first-order chi connectivity index (χ1) is 19.2. The molecule has 3 aliphatic rings. The third-order valence-electron chi connectivity index (χ3n) is 7.66. The highest BCUT2D eigenvalue weighted by Gasteiger charge is 2.36. The summed E-state index contributed by atoms with van der Waals surface area (Å²) in [5.41, 5.74) is 2.90. The number of carbonyl (C=O) groups excluding carboxylic acids is 1. The highest BCUT2D eigenvalue weighted by atomic mass is 35.5. The fourth-order valence-corrected chi connectivity index (χ4v) is 5.69. The van der Waals surface area contributed by atoms with E-state index in [1.807, 2.05) is 27.8 Å². The molecule has 0 saturated heterocycles. The second-order valence-electron chi connectivity index (χ2n) is 10.5. The van der Waals surface area contributed by atoms with E-state index < -0.39 is 11.9 Å². The number of nitrogens with zero attached hydrogens (tertiary/aromatic N) is 8. The van der Waals surface area contributed by atoms with Crippen molar-refractivity contribution in [3.63, 3.8) is 0 Å². The lowest BCUT2D eigenvalue weighted by Crippen LogP contribution is -2.44. The van der Waals surface area contributed by atoms with Gasteiger partial charge in [-0.15, -0.1) is 0 Å². The van der Waals surface area contributed by atoms with Crippen molar-refractivity contribution < 1.29 is 18.0 Å². The Morgan fingerprint density at radius 1 is 1.15 bits per heavy atom. The Hall–Kier alpha value is -3.93. The van der Waals surface area contributed by atoms with Gasteiger partial charge < -0.3 is 14.4 Å². The summed E-state index contributed by atoms with van der Waals surface area (Å²) in [6.07, 6.45) is 3.28. The Kier molecular flexibility index (Phi) is 5.67. The Balaban J connectivity index is 1.24. The standard InChI is InChI=1S/C27H24ClF3N8O/c1-36-20-11-32-24(23-19(28)10-33-39(23)17-5-6-17)35-26(20)38(14-22(36)40)12-15-4-7-18-16(9-15)3-2-8-37-13-21(27(29,30)31)34-25(18)37/h4,7,9-11,13,17H,2-3,5-6,8,12,14H2,1H3. The molecule has 0 bridgehead atoms. The van der Waals surface area contributed by atoms with Crippen LogP contribution in [0.3, 0.4) is 0 Å². The molecule has 4 aromatic rings. The van der Waals surface area contributed by atoms with Gasteiger partial charge >= 0.3 is 6.18 Å². The summed E-state index contributed by atoms with van der Waals surface area (Å²) in [6, 6.07) is 5.98. The van der Waals surface area contributed by atoms with Gasteiger partial charge in [0.1, 0.15) is 17.2 Å². The molecule has 1 saturated carbocycles. The maximum atomic E-state index is 13.3. The van der Waals surface area contributed by atoms with E-state index in [1.165, 1.54) is 0 Å². The summed E-state index contributed by atoms with van der Waals surface area (Å²) in [7, 11) is 1.70. The zero-order valence-electron chi connectivity index (χ0n) is 21.5. The van der Waals surface area contributed by atoms with E-state index in [1.54, 1.807) is 28.9 Å². The van der Waals surface area contributed by atoms with Crippen LogP contribution in [0.5, 0.6) is 0 Å². The summed E-state index contributed by atoms with van der Waals surface area (Å²) in [6.45, 7) is 0.961. The third-order valence-corrected chi connectivity index (χ3v) is 7.94. The molecule has 0 radical (unpaired) electrons. The summed E-state index contributed by atoms with van der Waals surface area (Å²) in [5, 5.41) is 4.89. The van der Waals surface area contributed by atoms with Gasteiger partial charge in [-0.05, 0) is 36.8 Å². The number of rotatable bonds is 4. The third kappa shape index (κ3) is 4.21. The normalized spacial score (nSPS) is 17.0. The molecule has 9 nitrogen and oxygen atoms in total. The van der Waals surface area contributed by atoms with Gasteiger partial charge in [-0.2, -0.15) is 18.3 Å². The van der Waals surface area contributed by atoms with Gasteiger partial charge in [0.25, 0.3) is 0 Å². The van der Waals surface area contributed by atoms with E-state index in [4.69, 9.17) is 16.6 Å². The molecule has 7 rings (SSSR count). The van der Waals surface area contributed by atoms with E-state index in [0.29, 0.717) is 65.4 Å². The van der Waals surface area contributed by atoms with Crippen molar-refractivity contribution in [2.45, 2.75) is 51.0 Å². The molecule has 0 unspecified atom stereocenters. The topological polar surface area (TPSA) is 85.0 Å². The van der Waals surface area contributed by atoms with Gasteiger partial charge in [0.2, 0.25) is 5.91 Å². The van der Waals surface area contributed by atoms with E-state index in [-0.39, 0.29) is 18.5 Å². The van der Waals surface area contributed by atoms with Crippen molar-refractivity contribution in [1.82, 2.24) is 29.3 Å². The molecule has 13 heteroatoms. The Bertz CT molecular complexity index is 1660. The molecule has 0 atom stereocenters. The van der Waals surface area contributed by atoms with Crippen LogP contribution in [-0.4, -0.2) is 48.8 Å². The van der Waals surface area contributed by atoms with Gasteiger partial charge in [0.15, 0.2) is 17.3 Å². The number of hydrogen-bond acceptors (Lipinski definition) is 6. The fraction of sp³-hybridized carbons (Fsp3) is 0.370. The van der Waals surface area contributed by atoms with Crippen LogP contribution in [0.4, 0.5) is 24.7 Å². The van der Waals surface area contributed by atoms with E-state index in [0.717, 1.165) is 30.2 Å². The second-order valence-corrected chi connectivity index (χ2v) is 10.9. The van der Waals surface area contributed by atoms with Crippen molar-refractivity contribution >= 4 is 29.0 Å². The van der Waals surface area contributed by atoms with Gasteiger partial charge in [-0.1, -0.05) is 29.8 Å². The quantitative estimate of drug-likeness (QED) is 0.339. The van der Waals surface area contributed by atoms with Crippen molar-refractivity contribution in [3.05, 3.63) is 58.6 Å². The lowest BCUT2D eigenvalue weighted by Gasteiger charge is -2.34. The van der Waals surface area contributed by atoms with Crippen molar-refractivity contribution in [1.29, 1.82) is 0 Å². The predicted molar refractivity (Wildman–Crippen MR) is 142 cm³/mol. The monoisotopic (exact) mass is 568 g/mol. The van der Waals surface area contributed by atoms with E-state index in [2.05, 4.69) is 15.1 Å². The van der Waals surface area contributed by atoms with Crippen LogP contribution in [-0.2, 0) is 30.5 Å². The second kappa shape index (κ2) is 9.05. The maximum Gasteiger partial charge on any atom is 0.434 e. The number of halogens is 4. The average Bonchev–Trinajstić information content (AvgIpc) is 3.60. The van der Waals surface area contributed by atoms with Crippen molar-refractivity contribution in [2.24, 2.45) is 0 Å². The SMILES string of the molecule is CN1C(=O)CN(Cc2ccc3c(c2)CCCn2cc(C(F)(F)F)nc2-3)c2nc(-c3c(Cl)cnn3C3CC3)ncc21. The van der Waals surface area contributed by atoms with Gasteiger partial charge in [-0.3, -0.25) is 9.48 Å². The number of hydrogen-bond donors (Lipinski definition) is 0. The molecule has 40 heavy (non-hydrogen) atoms. The molecule has 0 N–H and O–H groups in total. The number of imidazole rings is 1. The largest absolute Gasteiger partial charge is 0.434 e. The van der Waals surface area contributed by atoms with Crippen LogP contribution in [0.2, 0.25) is 5.02 Å². The number of alkyl halides is 3. The van der Waals surface area contributed by atoms with Crippen LogP contribution in [0.15, 0.2) is 36.8 Å². The summed E-state index contributed by atoms with van der Waals surface area (Å²) >= 11 is 6.48. The number of amides is 1. The minimum Gasteiger partial charge on any atom is -0.341 e. The number of carbonyl (C=O) groups is 1. The van der Waals surface area contributed by atoms with Crippen LogP contribution in [0, 0.1) is 0 Å². The maximum absolute atomic E-state index is 13.3. The minimum atomic E-state index is -4.50. The smallest absolute Gasteiger partial charge is 0.341 e. The number of benzene rings is 1. The number of aryl methyl sites for hydroxylation is 2. The summed E-state index contributed by atoms with van der Waals surface area (Å²) < 4.78 is 43.4. The van der Waals surface area contributed by atoms with Gasteiger partial charge in [0, 0.05) is 31.9 Å². The number of aromatic nitrogens is 6. The molecule has 2 aliphatic heterocycles. The molecule has 1 fully saturated rings. The average molecular weight is 569 g/mol. The fourth-order valence-electron chi connectivity index (χ4n) is 5.47. The number of likely N-dealkylation sites (N-methyl/N-ethyl adjacent to an activating group) is 1. The molecular formula is C27H24ClF3N8O. The highest BCUT2D eigenvalue weighted by Crippen LogP contribution is 2.41. The zero-order valence-corrected chi connectivity index (χ0v) is 22.2. The van der Waals surface area contributed by atoms with Gasteiger partial charge in [-0.25, -0.2) is 15.0 Å². The van der Waals surface area contributed by atoms with Crippen molar-refractivity contribution in [2.75, 3.05) is 23.4 Å². The molecular weight excluding hydrogens is 545 g/mol. The molecule has 1 aromatic carbocycles. The molecule has 3 aromatic heterocycles. The molecule has 1 aliphatic carbocycles. The van der Waals surface area contributed by atoms with E-state index in [9.17, 15) is 18.0 Å². The lowest BCUT2D eigenvalue weighted by molar-refractivity contribution is -0.140. The van der Waals surface area contributed by atoms with Crippen LogP contribution < -0.4 is 9.80 Å². The predicted octanol–water partition coefficient (Wildman–Crippen LogP) is 5.14. The molecule has 206 valence electrons. The van der Waals surface area contributed by atoms with Crippen molar-refractivity contribution in [3.8, 4) is 22.9 Å². The summed E-state index contributed by atoms with van der Waals surface area (Å²) in [4.78, 5) is 29.6. The molecule has 0 spiro atoms. The molecule has 1 amide bonds. The number of fused-ring (bicyclic) bond motifs is 4. The molecule has 5 heterocycles. The van der Waals surface area contributed by atoms with Crippen LogP contribution >= 0.6 is 11.6 Å². The number of anilines is 2.